The molecule has 2 N–H and O–H groups in total. The van der Waals surface area contributed by atoms with E-state index in [-0.39, 0.29) is 12.4 Å². The summed E-state index contributed by atoms with van der Waals surface area (Å²) in [6, 6.07) is 10.6. The summed E-state index contributed by atoms with van der Waals surface area (Å²) < 4.78 is 1.82. The van der Waals surface area contributed by atoms with E-state index in [1.165, 1.54) is 5.56 Å². The van der Waals surface area contributed by atoms with Crippen LogP contribution in [0.25, 0.3) is 16.9 Å². The number of aryl methyl sites for hydroxylation is 1. The minimum absolute atomic E-state index is 0. The van der Waals surface area contributed by atoms with E-state index in [2.05, 4.69) is 45.5 Å². The van der Waals surface area contributed by atoms with E-state index in [0.29, 0.717) is 6.54 Å². The minimum Gasteiger partial charge on any atom is -0.330 e. The Hall–Kier alpha value is -2.24. The van der Waals surface area contributed by atoms with Gasteiger partial charge in [-0.05, 0) is 42.6 Å². The summed E-state index contributed by atoms with van der Waals surface area (Å²) in [6.07, 6.45) is 6.06. The predicted molar refractivity (Wildman–Crippen MR) is 89.3 cm³/mol. The van der Waals surface area contributed by atoms with Gasteiger partial charge < -0.3 is 5.73 Å². The highest BCUT2D eigenvalue weighted by Crippen LogP contribution is 2.26. The van der Waals surface area contributed by atoms with Crippen LogP contribution >= 0.6 is 12.4 Å². The molecule has 0 aliphatic heterocycles. The number of nitrogens with two attached hydrogens (primary N) is 1. The Kier molecular flexibility index (Phi) is 5.25. The number of nitrogens with zero attached hydrogens (tertiary/aromatic N) is 4. The van der Waals surface area contributed by atoms with Crippen molar-refractivity contribution in [1.29, 1.82) is 0 Å². The molecule has 2 aromatic heterocycles. The fraction of sp³-hybridized carbons (Fsp3) is 0.188. The Balaban J connectivity index is 0.00000176. The van der Waals surface area contributed by atoms with Crippen molar-refractivity contribution in [2.24, 2.45) is 5.73 Å². The first-order valence-electron chi connectivity index (χ1n) is 6.89. The van der Waals surface area contributed by atoms with Crippen molar-refractivity contribution in [2.45, 2.75) is 13.3 Å². The molecule has 3 aromatic rings. The average molecular weight is 316 g/mol. The number of rotatable bonds is 4. The van der Waals surface area contributed by atoms with Crippen LogP contribution in [-0.2, 0) is 6.42 Å². The largest absolute Gasteiger partial charge is 0.330 e. The van der Waals surface area contributed by atoms with Gasteiger partial charge in [-0.2, -0.15) is 0 Å². The summed E-state index contributed by atoms with van der Waals surface area (Å²) in [6.45, 7) is 2.70. The van der Waals surface area contributed by atoms with Crippen LogP contribution in [0.15, 0.2) is 49.2 Å². The van der Waals surface area contributed by atoms with E-state index in [4.69, 9.17) is 5.73 Å². The molecule has 22 heavy (non-hydrogen) atoms. The lowest BCUT2D eigenvalue weighted by atomic mass is 10.0. The second kappa shape index (κ2) is 7.15. The van der Waals surface area contributed by atoms with Gasteiger partial charge in [0.25, 0.3) is 0 Å². The van der Waals surface area contributed by atoms with Crippen LogP contribution in [0.4, 0.5) is 0 Å². The van der Waals surface area contributed by atoms with Gasteiger partial charge in [-0.3, -0.25) is 4.57 Å². The standard InChI is InChI=1S/C16H17N5.ClH/c1-12-8-15(14-4-2-13(3-5-14)6-7-17)16(18-9-12)21-10-19-20-11-21;/h2-5,8-11H,6-7,17H2,1H3;1H. The molecule has 0 aliphatic carbocycles. The predicted octanol–water partition coefficient (Wildman–Crippen LogP) is 2.56. The number of halogens is 1. The van der Waals surface area contributed by atoms with Crippen molar-refractivity contribution in [3.63, 3.8) is 0 Å². The third-order valence-electron chi connectivity index (χ3n) is 3.36. The molecule has 0 radical (unpaired) electrons. The lowest BCUT2D eigenvalue weighted by molar-refractivity contribution is 0.968. The van der Waals surface area contributed by atoms with Crippen molar-refractivity contribution in [1.82, 2.24) is 19.7 Å². The van der Waals surface area contributed by atoms with Gasteiger partial charge in [0.05, 0.1) is 0 Å². The molecule has 0 saturated carbocycles. The molecule has 0 spiro atoms. The molecular weight excluding hydrogens is 298 g/mol. The molecule has 0 aliphatic rings. The SMILES string of the molecule is Cc1cnc(-n2cnnc2)c(-c2ccc(CCN)cc2)c1.Cl. The lowest BCUT2D eigenvalue weighted by Gasteiger charge is -2.10. The highest BCUT2D eigenvalue weighted by atomic mass is 35.5. The molecule has 0 bridgehead atoms. The van der Waals surface area contributed by atoms with Gasteiger partial charge in [0.1, 0.15) is 18.5 Å². The lowest BCUT2D eigenvalue weighted by Crippen LogP contribution is -2.02. The summed E-state index contributed by atoms with van der Waals surface area (Å²) in [5.74, 6) is 0.831. The van der Waals surface area contributed by atoms with E-state index < -0.39 is 0 Å². The van der Waals surface area contributed by atoms with E-state index in [1.807, 2.05) is 17.7 Å². The van der Waals surface area contributed by atoms with Gasteiger partial charge in [-0.25, -0.2) is 4.98 Å². The summed E-state index contributed by atoms with van der Waals surface area (Å²) in [5, 5.41) is 7.71. The van der Waals surface area contributed by atoms with Crippen LogP contribution in [0, 0.1) is 6.92 Å². The Morgan fingerprint density at radius 1 is 1.09 bits per heavy atom. The topological polar surface area (TPSA) is 69.6 Å². The van der Waals surface area contributed by atoms with Crippen LogP contribution in [-0.4, -0.2) is 26.3 Å². The molecule has 0 atom stereocenters. The van der Waals surface area contributed by atoms with E-state index in [9.17, 15) is 0 Å². The van der Waals surface area contributed by atoms with Gasteiger partial charge in [0, 0.05) is 11.8 Å². The number of hydrogen-bond donors (Lipinski definition) is 1. The van der Waals surface area contributed by atoms with Gasteiger partial charge in [0.2, 0.25) is 0 Å². The normalized spacial score (nSPS) is 10.3. The van der Waals surface area contributed by atoms with E-state index in [0.717, 1.165) is 28.9 Å². The second-order valence-corrected chi connectivity index (χ2v) is 4.99. The molecule has 3 rings (SSSR count). The monoisotopic (exact) mass is 315 g/mol. The number of pyridine rings is 1. The highest BCUT2D eigenvalue weighted by Gasteiger charge is 2.09. The zero-order chi connectivity index (χ0) is 14.7. The highest BCUT2D eigenvalue weighted by molar-refractivity contribution is 5.85. The van der Waals surface area contributed by atoms with Crippen molar-refractivity contribution in [2.75, 3.05) is 6.54 Å². The Bertz CT molecular complexity index is 723. The Morgan fingerprint density at radius 3 is 2.41 bits per heavy atom. The van der Waals surface area contributed by atoms with Gasteiger partial charge >= 0.3 is 0 Å². The Morgan fingerprint density at radius 2 is 1.77 bits per heavy atom. The van der Waals surface area contributed by atoms with Crippen LogP contribution in [0.3, 0.4) is 0 Å². The maximum absolute atomic E-state index is 5.59. The minimum atomic E-state index is 0. The third kappa shape index (κ3) is 3.32. The smallest absolute Gasteiger partial charge is 0.147 e. The zero-order valence-corrected chi connectivity index (χ0v) is 13.1. The summed E-state index contributed by atoms with van der Waals surface area (Å²) >= 11 is 0. The van der Waals surface area contributed by atoms with Crippen LogP contribution in [0.2, 0.25) is 0 Å². The zero-order valence-electron chi connectivity index (χ0n) is 12.3. The van der Waals surface area contributed by atoms with Crippen LogP contribution in [0.1, 0.15) is 11.1 Å². The van der Waals surface area contributed by atoms with Crippen LogP contribution < -0.4 is 5.73 Å². The third-order valence-corrected chi connectivity index (χ3v) is 3.36. The van der Waals surface area contributed by atoms with Crippen molar-refractivity contribution in [3.05, 3.63) is 60.3 Å². The fourth-order valence-electron chi connectivity index (χ4n) is 2.31. The molecule has 6 heteroatoms. The van der Waals surface area contributed by atoms with E-state index in [1.54, 1.807) is 12.7 Å². The first kappa shape index (κ1) is 16.1. The number of aromatic nitrogens is 4. The maximum Gasteiger partial charge on any atom is 0.147 e. The molecule has 2 heterocycles. The quantitative estimate of drug-likeness (QED) is 0.803. The molecule has 0 unspecified atom stereocenters. The molecular formula is C16H18ClN5. The number of benzene rings is 1. The Labute approximate surface area is 135 Å². The summed E-state index contributed by atoms with van der Waals surface area (Å²) in [5.41, 5.74) is 10.1. The first-order valence-corrected chi connectivity index (χ1v) is 6.89. The second-order valence-electron chi connectivity index (χ2n) is 4.99. The van der Waals surface area contributed by atoms with Crippen molar-refractivity contribution < 1.29 is 0 Å². The van der Waals surface area contributed by atoms with E-state index >= 15 is 0 Å². The van der Waals surface area contributed by atoms with Gasteiger partial charge in [0.15, 0.2) is 0 Å². The molecule has 0 fully saturated rings. The molecule has 1 aromatic carbocycles. The first-order chi connectivity index (χ1) is 10.3. The molecule has 0 amide bonds. The fourth-order valence-corrected chi connectivity index (χ4v) is 2.31. The summed E-state index contributed by atoms with van der Waals surface area (Å²) in [7, 11) is 0. The van der Waals surface area contributed by atoms with Crippen molar-refractivity contribution in [3.8, 4) is 16.9 Å². The molecule has 0 saturated heterocycles. The molecule has 114 valence electrons. The van der Waals surface area contributed by atoms with Crippen molar-refractivity contribution >= 4 is 12.4 Å². The van der Waals surface area contributed by atoms with Gasteiger partial charge in [-0.15, -0.1) is 22.6 Å². The summed E-state index contributed by atoms with van der Waals surface area (Å²) in [4.78, 5) is 4.52. The number of hydrogen-bond acceptors (Lipinski definition) is 4. The van der Waals surface area contributed by atoms with Gasteiger partial charge in [-0.1, -0.05) is 24.3 Å². The molecule has 5 nitrogen and oxygen atoms in total. The van der Waals surface area contributed by atoms with Crippen LogP contribution in [0.5, 0.6) is 0 Å². The average Bonchev–Trinajstić information content (AvgIpc) is 3.02. The maximum atomic E-state index is 5.59.